The summed E-state index contributed by atoms with van der Waals surface area (Å²) in [6, 6.07) is 14.1. The average Bonchev–Trinajstić information content (AvgIpc) is 3.49. The Hall–Kier alpha value is -3.20. The lowest BCUT2D eigenvalue weighted by Gasteiger charge is -2.18. The van der Waals surface area contributed by atoms with E-state index in [0.29, 0.717) is 16.7 Å². The van der Waals surface area contributed by atoms with Crippen LogP contribution in [0.25, 0.3) is 5.69 Å². The molecule has 33 heavy (non-hydrogen) atoms. The van der Waals surface area contributed by atoms with Gasteiger partial charge in [0.1, 0.15) is 0 Å². The third-order valence-electron chi connectivity index (χ3n) is 6.07. The lowest BCUT2D eigenvalue weighted by Crippen LogP contribution is -2.33. The summed E-state index contributed by atoms with van der Waals surface area (Å²) in [6.45, 7) is 3.97. The number of nitrogens with zero attached hydrogens (tertiary/aromatic N) is 4. The van der Waals surface area contributed by atoms with Crippen LogP contribution in [0.4, 0.5) is 5.69 Å². The van der Waals surface area contributed by atoms with E-state index < -0.39 is 4.92 Å². The van der Waals surface area contributed by atoms with E-state index >= 15 is 0 Å². The molecule has 1 aliphatic rings. The highest BCUT2D eigenvalue weighted by molar-refractivity contribution is 7.98. The summed E-state index contributed by atoms with van der Waals surface area (Å²) in [5.41, 5.74) is 3.13. The van der Waals surface area contributed by atoms with Gasteiger partial charge < -0.3 is 5.32 Å². The predicted octanol–water partition coefficient (Wildman–Crippen LogP) is 5.14. The Morgan fingerprint density at radius 1 is 1.18 bits per heavy atom. The van der Waals surface area contributed by atoms with E-state index in [-0.39, 0.29) is 23.6 Å². The Bertz CT molecular complexity index is 1140. The molecule has 3 aromatic rings. The largest absolute Gasteiger partial charge is 0.346 e. The normalized spacial score (nSPS) is 14.8. The molecule has 1 fully saturated rings. The van der Waals surface area contributed by atoms with Crippen molar-refractivity contribution in [3.63, 3.8) is 0 Å². The molecule has 1 aromatic heterocycles. The van der Waals surface area contributed by atoms with Gasteiger partial charge >= 0.3 is 0 Å². The first-order valence-corrected chi connectivity index (χ1v) is 12.1. The van der Waals surface area contributed by atoms with E-state index in [1.165, 1.54) is 23.3 Å². The van der Waals surface area contributed by atoms with Gasteiger partial charge in [0.15, 0.2) is 11.0 Å². The maximum atomic E-state index is 12.7. The van der Waals surface area contributed by atoms with Crippen molar-refractivity contribution in [3.8, 4) is 5.69 Å². The number of nitro benzene ring substituents is 1. The van der Waals surface area contributed by atoms with Crippen molar-refractivity contribution in [2.75, 3.05) is 0 Å². The Morgan fingerprint density at radius 2 is 1.88 bits per heavy atom. The highest BCUT2D eigenvalue weighted by atomic mass is 32.2. The summed E-state index contributed by atoms with van der Waals surface area (Å²) in [5.74, 6) is 1.41. The van der Waals surface area contributed by atoms with E-state index in [2.05, 4.69) is 34.6 Å². The van der Waals surface area contributed by atoms with Gasteiger partial charge in [-0.3, -0.25) is 19.5 Å². The fourth-order valence-corrected chi connectivity index (χ4v) is 5.15. The van der Waals surface area contributed by atoms with E-state index in [0.717, 1.165) is 31.4 Å². The van der Waals surface area contributed by atoms with Crippen LogP contribution in [0.2, 0.25) is 0 Å². The number of aryl methyl sites for hydroxylation is 1. The van der Waals surface area contributed by atoms with Crippen LogP contribution >= 0.6 is 11.8 Å². The highest BCUT2D eigenvalue weighted by Gasteiger charge is 2.27. The van der Waals surface area contributed by atoms with E-state index in [1.54, 1.807) is 23.9 Å². The monoisotopic (exact) mass is 465 g/mol. The van der Waals surface area contributed by atoms with Gasteiger partial charge in [0, 0.05) is 29.5 Å². The zero-order chi connectivity index (χ0) is 23.4. The zero-order valence-electron chi connectivity index (χ0n) is 18.7. The zero-order valence-corrected chi connectivity index (χ0v) is 19.5. The molecule has 1 amide bonds. The number of carbonyl (C=O) groups is 1. The number of rotatable bonds is 8. The predicted molar refractivity (Wildman–Crippen MR) is 127 cm³/mol. The molecule has 172 valence electrons. The molecule has 0 unspecified atom stereocenters. The number of benzene rings is 2. The Labute approximate surface area is 197 Å². The van der Waals surface area contributed by atoms with Crippen molar-refractivity contribution in [1.29, 1.82) is 0 Å². The third kappa shape index (κ3) is 5.24. The number of hydrogen-bond acceptors (Lipinski definition) is 6. The minimum absolute atomic E-state index is 0.0186. The Kier molecular flexibility index (Phi) is 7.08. The van der Waals surface area contributed by atoms with E-state index in [9.17, 15) is 14.9 Å². The van der Waals surface area contributed by atoms with Crippen LogP contribution in [0, 0.1) is 23.0 Å². The fourth-order valence-electron chi connectivity index (χ4n) is 4.12. The van der Waals surface area contributed by atoms with Crippen LogP contribution in [0.1, 0.15) is 55.6 Å². The van der Waals surface area contributed by atoms with Crippen LogP contribution in [0.3, 0.4) is 0 Å². The molecule has 1 heterocycles. The summed E-state index contributed by atoms with van der Waals surface area (Å²) >= 11 is 1.54. The summed E-state index contributed by atoms with van der Waals surface area (Å²) in [7, 11) is 0. The first-order chi connectivity index (χ1) is 15.9. The molecular formula is C24H27N5O3S. The van der Waals surface area contributed by atoms with Crippen molar-refractivity contribution < 1.29 is 9.72 Å². The fraction of sp³-hybridized carbons (Fsp3) is 0.375. The number of aromatic nitrogens is 3. The quantitative estimate of drug-likeness (QED) is 0.281. The van der Waals surface area contributed by atoms with Gasteiger partial charge in [-0.05, 0) is 49.9 Å². The molecule has 0 bridgehead atoms. The van der Waals surface area contributed by atoms with E-state index in [1.807, 2.05) is 23.6 Å². The van der Waals surface area contributed by atoms with Gasteiger partial charge in [-0.15, -0.1) is 10.2 Å². The van der Waals surface area contributed by atoms with Crippen LogP contribution < -0.4 is 5.32 Å². The molecule has 9 heteroatoms. The van der Waals surface area contributed by atoms with Crippen molar-refractivity contribution in [3.05, 3.63) is 75.6 Å². The molecule has 1 N–H and O–H groups in total. The molecule has 1 aliphatic carbocycles. The number of carbonyl (C=O) groups excluding carboxylic acids is 1. The third-order valence-corrected chi connectivity index (χ3v) is 7.04. The number of non-ortho nitro benzene ring substituents is 1. The highest BCUT2D eigenvalue weighted by Crippen LogP contribution is 2.30. The van der Waals surface area contributed by atoms with Gasteiger partial charge in [0.2, 0.25) is 5.91 Å². The Balaban J connectivity index is 1.63. The number of nitrogens with one attached hydrogen (secondary N) is 1. The van der Waals surface area contributed by atoms with E-state index in [4.69, 9.17) is 0 Å². The SMILES string of the molecule is Cc1ccccc1CSc1nnc([C@H](C)NC(=O)C2CCCC2)n1-c1ccc([N+](=O)[O-])cc1. The first kappa shape index (κ1) is 23.0. The number of thioether (sulfide) groups is 1. The van der Waals surface area contributed by atoms with Crippen molar-refractivity contribution in [2.45, 2.75) is 56.5 Å². The summed E-state index contributed by atoms with van der Waals surface area (Å²) in [5, 5.41) is 23.7. The minimum atomic E-state index is -0.421. The van der Waals surface area contributed by atoms with Gasteiger partial charge in [-0.2, -0.15) is 0 Å². The summed E-state index contributed by atoms with van der Waals surface area (Å²) in [6.07, 6.45) is 4.02. The first-order valence-electron chi connectivity index (χ1n) is 11.1. The van der Waals surface area contributed by atoms with Gasteiger partial charge in [0.05, 0.1) is 11.0 Å². The lowest BCUT2D eigenvalue weighted by molar-refractivity contribution is -0.384. The molecule has 0 radical (unpaired) electrons. The van der Waals surface area contributed by atoms with Crippen molar-refractivity contribution >= 4 is 23.4 Å². The number of hydrogen-bond donors (Lipinski definition) is 1. The standard InChI is InChI=1S/C24H27N5O3S/c1-16-7-3-4-10-19(16)15-33-24-27-26-22(17(2)25-23(30)18-8-5-6-9-18)28(24)20-11-13-21(14-12-20)29(31)32/h3-4,7,10-14,17-18H,5-6,8-9,15H2,1-2H3,(H,25,30)/t17-/m0/s1. The molecule has 0 saturated heterocycles. The average molecular weight is 466 g/mol. The minimum Gasteiger partial charge on any atom is -0.346 e. The molecule has 8 nitrogen and oxygen atoms in total. The van der Waals surface area contributed by atoms with Gasteiger partial charge in [-0.1, -0.05) is 48.9 Å². The second kappa shape index (κ2) is 10.2. The van der Waals surface area contributed by atoms with Crippen LogP contribution in [0.5, 0.6) is 0 Å². The van der Waals surface area contributed by atoms with Crippen LogP contribution in [-0.4, -0.2) is 25.6 Å². The Morgan fingerprint density at radius 3 is 2.55 bits per heavy atom. The smallest absolute Gasteiger partial charge is 0.269 e. The van der Waals surface area contributed by atoms with Crippen LogP contribution in [0.15, 0.2) is 53.7 Å². The molecule has 4 rings (SSSR count). The molecule has 2 aromatic carbocycles. The number of amides is 1. The number of nitro groups is 1. The van der Waals surface area contributed by atoms with Crippen molar-refractivity contribution in [2.24, 2.45) is 5.92 Å². The molecular weight excluding hydrogens is 438 g/mol. The summed E-state index contributed by atoms with van der Waals surface area (Å²) < 4.78 is 1.88. The maximum Gasteiger partial charge on any atom is 0.269 e. The second-order valence-electron chi connectivity index (χ2n) is 8.38. The topological polar surface area (TPSA) is 103 Å². The molecule has 0 aliphatic heterocycles. The maximum absolute atomic E-state index is 12.7. The van der Waals surface area contributed by atoms with Gasteiger partial charge in [-0.25, -0.2) is 0 Å². The van der Waals surface area contributed by atoms with Gasteiger partial charge in [0.25, 0.3) is 5.69 Å². The van der Waals surface area contributed by atoms with Crippen molar-refractivity contribution in [1.82, 2.24) is 20.1 Å². The second-order valence-corrected chi connectivity index (χ2v) is 9.32. The molecule has 1 atom stereocenters. The lowest BCUT2D eigenvalue weighted by atomic mass is 10.1. The summed E-state index contributed by atoms with van der Waals surface area (Å²) in [4.78, 5) is 23.4. The molecule has 0 spiro atoms. The molecule has 1 saturated carbocycles. The van der Waals surface area contributed by atoms with Crippen LogP contribution in [-0.2, 0) is 10.5 Å².